The molecule has 0 bridgehead atoms. The van der Waals surface area contributed by atoms with E-state index in [1.807, 2.05) is 0 Å². The first-order valence-electron chi connectivity index (χ1n) is 4.83. The van der Waals surface area contributed by atoms with Gasteiger partial charge in [-0.05, 0) is 31.1 Å². The van der Waals surface area contributed by atoms with Crippen LogP contribution in [-0.4, -0.2) is 40.1 Å². The van der Waals surface area contributed by atoms with Gasteiger partial charge in [-0.15, -0.1) is 0 Å². The Hall–Kier alpha value is -1.26. The molecule has 0 unspecified atom stereocenters. The fraction of sp³-hybridized carbons (Fsp3) is 0.778. The number of carbonyl (C=O) groups is 1. The first-order chi connectivity index (χ1) is 6.65. The van der Waals surface area contributed by atoms with E-state index in [-0.39, 0.29) is 5.41 Å². The monoisotopic (exact) mass is 198 g/mol. The molecule has 5 heteroatoms. The lowest BCUT2D eigenvalue weighted by Crippen LogP contribution is -2.48. The SMILES string of the molecule is O=C(O)N1CCC2(CC1)CC(=NO)C2. The maximum atomic E-state index is 10.7. The van der Waals surface area contributed by atoms with Crippen LogP contribution in [0.1, 0.15) is 25.7 Å². The summed E-state index contributed by atoms with van der Waals surface area (Å²) in [7, 11) is 0. The summed E-state index contributed by atoms with van der Waals surface area (Å²) in [6.45, 7) is 1.24. The van der Waals surface area contributed by atoms with Gasteiger partial charge in [-0.2, -0.15) is 0 Å². The molecule has 1 aliphatic carbocycles. The Balaban J connectivity index is 1.88. The van der Waals surface area contributed by atoms with E-state index in [1.54, 1.807) is 0 Å². The van der Waals surface area contributed by atoms with Gasteiger partial charge in [0.2, 0.25) is 0 Å². The van der Waals surface area contributed by atoms with Crippen LogP contribution in [-0.2, 0) is 0 Å². The zero-order valence-corrected chi connectivity index (χ0v) is 7.94. The first kappa shape index (κ1) is 9.30. The fourth-order valence-corrected chi connectivity index (χ4v) is 2.41. The zero-order valence-electron chi connectivity index (χ0n) is 7.94. The molecule has 14 heavy (non-hydrogen) atoms. The molecule has 0 aromatic rings. The number of amides is 1. The van der Waals surface area contributed by atoms with Gasteiger partial charge in [0.1, 0.15) is 0 Å². The lowest BCUT2D eigenvalue weighted by atomic mass is 9.62. The third-order valence-electron chi connectivity index (χ3n) is 3.39. The zero-order chi connectivity index (χ0) is 10.2. The van der Waals surface area contributed by atoms with Gasteiger partial charge in [0.25, 0.3) is 0 Å². The first-order valence-corrected chi connectivity index (χ1v) is 4.83. The lowest BCUT2D eigenvalue weighted by Gasteiger charge is -2.47. The third kappa shape index (κ3) is 1.42. The molecule has 5 nitrogen and oxygen atoms in total. The second-order valence-electron chi connectivity index (χ2n) is 4.29. The van der Waals surface area contributed by atoms with Crippen LogP contribution in [0.3, 0.4) is 0 Å². The van der Waals surface area contributed by atoms with Gasteiger partial charge in [0, 0.05) is 13.1 Å². The number of likely N-dealkylation sites (tertiary alicyclic amines) is 1. The molecule has 2 aliphatic rings. The van der Waals surface area contributed by atoms with Gasteiger partial charge >= 0.3 is 6.09 Å². The van der Waals surface area contributed by atoms with Crippen molar-refractivity contribution >= 4 is 11.8 Å². The summed E-state index contributed by atoms with van der Waals surface area (Å²) in [5, 5.41) is 20.5. The standard InChI is InChI=1S/C9H14N2O3/c12-8(13)11-3-1-9(2-4-11)5-7(6-9)10-14/h14H,1-6H2,(H,12,13). The van der Waals surface area contributed by atoms with Crippen molar-refractivity contribution in [3.63, 3.8) is 0 Å². The second kappa shape index (κ2) is 3.15. The van der Waals surface area contributed by atoms with Crippen molar-refractivity contribution in [1.82, 2.24) is 4.90 Å². The molecule has 2 fully saturated rings. The summed E-state index contributed by atoms with van der Waals surface area (Å²) in [5.74, 6) is 0. The molecule has 1 aliphatic heterocycles. The number of carboxylic acid groups (broad SMARTS) is 1. The number of oxime groups is 1. The van der Waals surface area contributed by atoms with Crippen LogP contribution in [0.2, 0.25) is 0 Å². The molecule has 1 saturated carbocycles. The molecular formula is C9H14N2O3. The van der Waals surface area contributed by atoms with Crippen LogP contribution in [0.25, 0.3) is 0 Å². The molecule has 1 heterocycles. The highest BCUT2D eigenvalue weighted by atomic mass is 16.4. The number of hydrogen-bond donors (Lipinski definition) is 2. The number of nitrogens with zero attached hydrogens (tertiary/aromatic N) is 2. The Kier molecular flexibility index (Phi) is 2.09. The quantitative estimate of drug-likeness (QED) is 0.456. The molecule has 0 atom stereocenters. The Labute approximate surface area is 82.0 Å². The summed E-state index contributed by atoms with van der Waals surface area (Å²) in [6, 6.07) is 0. The van der Waals surface area contributed by atoms with Crippen LogP contribution in [0.4, 0.5) is 4.79 Å². The summed E-state index contributed by atoms with van der Waals surface area (Å²) < 4.78 is 0. The van der Waals surface area contributed by atoms with Crippen molar-refractivity contribution in [3.05, 3.63) is 0 Å². The topological polar surface area (TPSA) is 73.1 Å². The maximum Gasteiger partial charge on any atom is 0.407 e. The summed E-state index contributed by atoms with van der Waals surface area (Å²) in [6.07, 6.45) is 2.67. The van der Waals surface area contributed by atoms with Crippen molar-refractivity contribution in [2.24, 2.45) is 10.6 Å². The van der Waals surface area contributed by atoms with Crippen LogP contribution in [0.15, 0.2) is 5.16 Å². The molecule has 0 radical (unpaired) electrons. The van der Waals surface area contributed by atoms with E-state index in [1.165, 1.54) is 4.90 Å². The molecule has 0 aromatic carbocycles. The Morgan fingerprint density at radius 3 is 2.36 bits per heavy atom. The molecule has 2 rings (SSSR count). The molecule has 1 spiro atoms. The Morgan fingerprint density at radius 2 is 1.93 bits per heavy atom. The van der Waals surface area contributed by atoms with E-state index in [4.69, 9.17) is 10.3 Å². The van der Waals surface area contributed by atoms with E-state index >= 15 is 0 Å². The van der Waals surface area contributed by atoms with Gasteiger partial charge < -0.3 is 15.2 Å². The van der Waals surface area contributed by atoms with Crippen molar-refractivity contribution in [3.8, 4) is 0 Å². The largest absolute Gasteiger partial charge is 0.465 e. The molecule has 2 N–H and O–H groups in total. The van der Waals surface area contributed by atoms with Gasteiger partial charge in [-0.1, -0.05) is 5.16 Å². The van der Waals surface area contributed by atoms with Crippen LogP contribution in [0.5, 0.6) is 0 Å². The molecule has 1 saturated heterocycles. The van der Waals surface area contributed by atoms with E-state index in [9.17, 15) is 4.79 Å². The minimum absolute atomic E-state index is 0.244. The number of hydrogen-bond acceptors (Lipinski definition) is 3. The normalized spacial score (nSPS) is 24.6. The van der Waals surface area contributed by atoms with Gasteiger partial charge in [-0.3, -0.25) is 0 Å². The van der Waals surface area contributed by atoms with E-state index in [0.29, 0.717) is 13.1 Å². The Morgan fingerprint density at radius 1 is 1.36 bits per heavy atom. The average molecular weight is 198 g/mol. The third-order valence-corrected chi connectivity index (χ3v) is 3.39. The average Bonchev–Trinajstić information content (AvgIpc) is 2.14. The lowest BCUT2D eigenvalue weighted by molar-refractivity contribution is 0.0812. The van der Waals surface area contributed by atoms with Crippen molar-refractivity contribution in [1.29, 1.82) is 0 Å². The molecule has 1 amide bonds. The summed E-state index contributed by atoms with van der Waals surface area (Å²) in [5.41, 5.74) is 1.10. The van der Waals surface area contributed by atoms with Gasteiger partial charge in [0.15, 0.2) is 0 Å². The minimum atomic E-state index is -0.824. The minimum Gasteiger partial charge on any atom is -0.465 e. The van der Waals surface area contributed by atoms with E-state index < -0.39 is 6.09 Å². The predicted molar refractivity (Wildman–Crippen MR) is 49.7 cm³/mol. The number of rotatable bonds is 0. The molecule has 0 aromatic heterocycles. The van der Waals surface area contributed by atoms with E-state index in [0.717, 1.165) is 31.4 Å². The predicted octanol–water partition coefficient (Wildman–Crippen LogP) is 1.37. The highest BCUT2D eigenvalue weighted by Crippen LogP contribution is 2.47. The summed E-state index contributed by atoms with van der Waals surface area (Å²) >= 11 is 0. The smallest absolute Gasteiger partial charge is 0.407 e. The van der Waals surface area contributed by atoms with Crippen molar-refractivity contribution in [2.45, 2.75) is 25.7 Å². The number of piperidine rings is 1. The second-order valence-corrected chi connectivity index (χ2v) is 4.29. The van der Waals surface area contributed by atoms with Crippen LogP contribution >= 0.6 is 0 Å². The Bertz CT molecular complexity index is 270. The highest BCUT2D eigenvalue weighted by molar-refractivity contribution is 5.91. The van der Waals surface area contributed by atoms with Crippen LogP contribution in [0, 0.1) is 5.41 Å². The van der Waals surface area contributed by atoms with Crippen LogP contribution < -0.4 is 0 Å². The maximum absolute atomic E-state index is 10.7. The van der Waals surface area contributed by atoms with Gasteiger partial charge in [-0.25, -0.2) is 4.79 Å². The molecular weight excluding hydrogens is 184 g/mol. The highest BCUT2D eigenvalue weighted by Gasteiger charge is 2.44. The van der Waals surface area contributed by atoms with Crippen molar-refractivity contribution < 1.29 is 15.1 Å². The van der Waals surface area contributed by atoms with E-state index in [2.05, 4.69) is 5.16 Å². The summed E-state index contributed by atoms with van der Waals surface area (Å²) in [4.78, 5) is 12.1. The van der Waals surface area contributed by atoms with Crippen molar-refractivity contribution in [2.75, 3.05) is 13.1 Å². The fourth-order valence-electron chi connectivity index (χ4n) is 2.41. The van der Waals surface area contributed by atoms with Gasteiger partial charge in [0.05, 0.1) is 5.71 Å². The molecule has 78 valence electrons.